The molecule has 2 atom stereocenters. The van der Waals surface area contributed by atoms with Crippen molar-refractivity contribution in [2.24, 2.45) is 0 Å². The molecule has 0 aliphatic carbocycles. The van der Waals surface area contributed by atoms with E-state index in [-0.39, 0.29) is 35.9 Å². The van der Waals surface area contributed by atoms with Crippen LogP contribution in [0.25, 0.3) is 0 Å². The molecule has 1 aromatic carbocycles. The van der Waals surface area contributed by atoms with Crippen LogP contribution >= 0.6 is 0 Å². The van der Waals surface area contributed by atoms with E-state index in [1.807, 2.05) is 6.92 Å². The Hall–Kier alpha value is -1.66. The molecule has 0 radical (unpaired) electrons. The number of halogens is 1. The van der Waals surface area contributed by atoms with Crippen LogP contribution in [-0.4, -0.2) is 47.8 Å². The molecule has 1 aliphatic heterocycles. The number of hydrogen-bond donors (Lipinski definition) is 2. The number of carbonyl (C=O) groups is 1. The Kier molecular flexibility index (Phi) is 4.01. The molecule has 2 unspecified atom stereocenters. The van der Waals surface area contributed by atoms with Crippen LogP contribution in [0, 0.1) is 5.82 Å². The van der Waals surface area contributed by atoms with Crippen LogP contribution in [0.5, 0.6) is 0 Å². The van der Waals surface area contributed by atoms with Crippen molar-refractivity contribution in [3.05, 3.63) is 29.6 Å². The van der Waals surface area contributed by atoms with Gasteiger partial charge in [-0.1, -0.05) is 0 Å². The predicted molar refractivity (Wildman–Crippen MR) is 68.1 cm³/mol. The lowest BCUT2D eigenvalue weighted by Gasteiger charge is -2.37. The van der Waals surface area contributed by atoms with Crippen LogP contribution in [0.2, 0.25) is 0 Å². The summed E-state index contributed by atoms with van der Waals surface area (Å²) < 4.78 is 18.4. The molecule has 1 aromatic rings. The molecule has 1 fully saturated rings. The number of benzene rings is 1. The number of nitrogen functional groups attached to an aromatic ring is 1. The molecule has 0 saturated carbocycles. The van der Waals surface area contributed by atoms with E-state index in [1.165, 1.54) is 12.1 Å². The molecule has 1 heterocycles. The van der Waals surface area contributed by atoms with E-state index in [2.05, 4.69) is 0 Å². The summed E-state index contributed by atoms with van der Waals surface area (Å²) in [5.41, 5.74) is 6.06. The third kappa shape index (κ3) is 2.85. The maximum absolute atomic E-state index is 13.0. The van der Waals surface area contributed by atoms with Crippen molar-refractivity contribution < 1.29 is 19.0 Å². The van der Waals surface area contributed by atoms with Crippen LogP contribution in [-0.2, 0) is 4.74 Å². The maximum atomic E-state index is 13.0. The van der Waals surface area contributed by atoms with E-state index in [9.17, 15) is 9.18 Å². The summed E-state index contributed by atoms with van der Waals surface area (Å²) in [6.45, 7) is 2.37. The normalized spacial score (nSPS) is 23.4. The number of rotatable bonds is 2. The minimum absolute atomic E-state index is 0.111. The number of hydrogen-bond acceptors (Lipinski definition) is 4. The first-order valence-corrected chi connectivity index (χ1v) is 6.11. The van der Waals surface area contributed by atoms with Crippen molar-refractivity contribution in [2.75, 3.05) is 25.5 Å². The van der Waals surface area contributed by atoms with Crippen LogP contribution in [0.15, 0.2) is 18.2 Å². The number of amides is 1. The lowest BCUT2D eigenvalue weighted by Crippen LogP contribution is -2.52. The topological polar surface area (TPSA) is 75.8 Å². The highest BCUT2D eigenvalue weighted by molar-refractivity contribution is 5.99. The van der Waals surface area contributed by atoms with E-state index in [1.54, 1.807) is 4.90 Å². The van der Waals surface area contributed by atoms with Gasteiger partial charge in [0.05, 0.1) is 30.9 Å². The van der Waals surface area contributed by atoms with Gasteiger partial charge >= 0.3 is 0 Å². The number of carbonyl (C=O) groups excluding carboxylic acids is 1. The van der Waals surface area contributed by atoms with Gasteiger partial charge in [0.1, 0.15) is 5.82 Å². The van der Waals surface area contributed by atoms with Crippen molar-refractivity contribution in [1.82, 2.24) is 4.90 Å². The zero-order valence-corrected chi connectivity index (χ0v) is 10.7. The van der Waals surface area contributed by atoms with Crippen LogP contribution in [0.1, 0.15) is 17.3 Å². The second kappa shape index (κ2) is 5.54. The Morgan fingerprint density at radius 3 is 3.00 bits per heavy atom. The standard InChI is InChI=1S/C13H17FN2O3/c1-8-7-19-10(6-17)5-16(8)13(18)11-3-2-9(14)4-12(11)15/h2-4,8,10,17H,5-7,15H2,1H3. The van der Waals surface area contributed by atoms with E-state index in [0.29, 0.717) is 13.2 Å². The lowest BCUT2D eigenvalue weighted by molar-refractivity contribution is -0.0667. The summed E-state index contributed by atoms with van der Waals surface area (Å²) in [6.07, 6.45) is -0.387. The molecular weight excluding hydrogens is 251 g/mol. The summed E-state index contributed by atoms with van der Waals surface area (Å²) in [5, 5.41) is 9.10. The molecule has 0 bridgehead atoms. The highest BCUT2D eigenvalue weighted by atomic mass is 19.1. The average molecular weight is 268 g/mol. The van der Waals surface area contributed by atoms with Gasteiger partial charge in [-0.2, -0.15) is 0 Å². The molecule has 5 nitrogen and oxygen atoms in total. The van der Waals surface area contributed by atoms with Gasteiger partial charge in [0.2, 0.25) is 0 Å². The quantitative estimate of drug-likeness (QED) is 0.771. The zero-order valence-electron chi connectivity index (χ0n) is 10.7. The van der Waals surface area contributed by atoms with Crippen molar-refractivity contribution in [3.63, 3.8) is 0 Å². The smallest absolute Gasteiger partial charge is 0.256 e. The van der Waals surface area contributed by atoms with Gasteiger partial charge < -0.3 is 20.5 Å². The number of aliphatic hydroxyl groups is 1. The molecule has 6 heteroatoms. The van der Waals surface area contributed by atoms with Gasteiger partial charge in [-0.15, -0.1) is 0 Å². The van der Waals surface area contributed by atoms with E-state index < -0.39 is 5.82 Å². The second-order valence-electron chi connectivity index (χ2n) is 4.68. The van der Waals surface area contributed by atoms with Crippen LogP contribution in [0.4, 0.5) is 10.1 Å². The highest BCUT2D eigenvalue weighted by Gasteiger charge is 2.30. The predicted octanol–water partition coefficient (Wildman–Crippen LogP) is 0.630. The summed E-state index contributed by atoms with van der Waals surface area (Å²) in [6, 6.07) is 3.60. The monoisotopic (exact) mass is 268 g/mol. The molecule has 104 valence electrons. The van der Waals surface area contributed by atoms with Gasteiger partial charge in [0.25, 0.3) is 5.91 Å². The summed E-state index contributed by atoms with van der Waals surface area (Å²) in [4.78, 5) is 14.0. The summed E-state index contributed by atoms with van der Waals surface area (Å²) >= 11 is 0. The molecule has 0 spiro atoms. The summed E-state index contributed by atoms with van der Waals surface area (Å²) in [7, 11) is 0. The Balaban J connectivity index is 2.22. The van der Waals surface area contributed by atoms with E-state index in [0.717, 1.165) is 6.07 Å². The molecular formula is C13H17FN2O3. The number of aliphatic hydroxyl groups excluding tert-OH is 1. The molecule has 0 aromatic heterocycles. The molecule has 1 aliphatic rings. The second-order valence-corrected chi connectivity index (χ2v) is 4.68. The molecule has 1 saturated heterocycles. The van der Waals surface area contributed by atoms with E-state index >= 15 is 0 Å². The van der Waals surface area contributed by atoms with Gasteiger partial charge in [-0.3, -0.25) is 4.79 Å². The number of ether oxygens (including phenoxy) is 1. The largest absolute Gasteiger partial charge is 0.398 e. The van der Waals surface area contributed by atoms with Crippen LogP contribution < -0.4 is 5.73 Å². The SMILES string of the molecule is CC1COC(CO)CN1C(=O)c1ccc(F)cc1N. The fourth-order valence-electron chi connectivity index (χ4n) is 2.09. The van der Waals surface area contributed by atoms with Crippen molar-refractivity contribution in [1.29, 1.82) is 0 Å². The third-order valence-electron chi connectivity index (χ3n) is 3.21. The molecule has 2 rings (SSSR count). The Morgan fingerprint density at radius 1 is 1.63 bits per heavy atom. The number of nitrogens with zero attached hydrogens (tertiary/aromatic N) is 1. The molecule has 3 N–H and O–H groups in total. The maximum Gasteiger partial charge on any atom is 0.256 e. The first kappa shape index (κ1) is 13.8. The number of morpholine rings is 1. The Labute approximate surface area is 110 Å². The highest BCUT2D eigenvalue weighted by Crippen LogP contribution is 2.20. The average Bonchev–Trinajstić information content (AvgIpc) is 2.38. The van der Waals surface area contributed by atoms with Gasteiger partial charge in [-0.25, -0.2) is 4.39 Å². The number of nitrogens with two attached hydrogens (primary N) is 1. The fraction of sp³-hybridized carbons (Fsp3) is 0.462. The van der Waals surface area contributed by atoms with Gasteiger partial charge in [0, 0.05) is 12.2 Å². The molecule has 19 heavy (non-hydrogen) atoms. The van der Waals surface area contributed by atoms with E-state index in [4.69, 9.17) is 15.6 Å². The zero-order chi connectivity index (χ0) is 14.0. The first-order valence-electron chi connectivity index (χ1n) is 6.11. The lowest BCUT2D eigenvalue weighted by atomic mass is 10.1. The van der Waals surface area contributed by atoms with Crippen molar-refractivity contribution in [3.8, 4) is 0 Å². The first-order chi connectivity index (χ1) is 9.02. The van der Waals surface area contributed by atoms with Crippen LogP contribution in [0.3, 0.4) is 0 Å². The Bertz CT molecular complexity index is 481. The van der Waals surface area contributed by atoms with Crippen molar-refractivity contribution in [2.45, 2.75) is 19.1 Å². The van der Waals surface area contributed by atoms with Crippen molar-refractivity contribution >= 4 is 11.6 Å². The molecule has 1 amide bonds. The fourth-order valence-corrected chi connectivity index (χ4v) is 2.09. The van der Waals surface area contributed by atoms with Gasteiger partial charge in [0.15, 0.2) is 0 Å². The number of anilines is 1. The minimum Gasteiger partial charge on any atom is -0.398 e. The third-order valence-corrected chi connectivity index (χ3v) is 3.21. The minimum atomic E-state index is -0.475. The Morgan fingerprint density at radius 2 is 2.37 bits per heavy atom. The van der Waals surface area contributed by atoms with Gasteiger partial charge in [-0.05, 0) is 25.1 Å². The summed E-state index contributed by atoms with van der Waals surface area (Å²) in [5.74, 6) is -0.746.